The van der Waals surface area contributed by atoms with Crippen molar-refractivity contribution in [2.75, 3.05) is 17.9 Å². The SMILES string of the molecule is O=C(NCCc1ccccc1)C(Cc1ccccc1)N(Cc1ccc(F)cc1)C(=O)COc1ccc(S(=O)(=O)Nc2ccc(F)cc2)cc1. The van der Waals surface area contributed by atoms with Gasteiger partial charge in [0.15, 0.2) is 6.61 Å². The molecular formula is C38H35F2N3O5S. The smallest absolute Gasteiger partial charge is 0.261 e. The summed E-state index contributed by atoms with van der Waals surface area (Å²) in [6.45, 7) is -0.0868. The largest absolute Gasteiger partial charge is 0.484 e. The minimum Gasteiger partial charge on any atom is -0.484 e. The molecule has 5 aromatic rings. The van der Waals surface area contributed by atoms with Crippen LogP contribution in [-0.2, 0) is 39.0 Å². The van der Waals surface area contributed by atoms with Crippen molar-refractivity contribution in [3.05, 3.63) is 162 Å². The topological polar surface area (TPSA) is 105 Å². The summed E-state index contributed by atoms with van der Waals surface area (Å²) in [7, 11) is -3.98. The monoisotopic (exact) mass is 683 g/mol. The molecule has 5 rings (SSSR count). The first-order chi connectivity index (χ1) is 23.7. The molecule has 5 aromatic carbocycles. The summed E-state index contributed by atoms with van der Waals surface area (Å²) in [5.41, 5.74) is 2.71. The molecule has 49 heavy (non-hydrogen) atoms. The van der Waals surface area contributed by atoms with Crippen LogP contribution in [0.5, 0.6) is 5.75 Å². The van der Waals surface area contributed by atoms with Crippen molar-refractivity contribution in [2.45, 2.75) is 30.3 Å². The Bertz CT molecular complexity index is 1930. The Morgan fingerprint density at radius 3 is 1.88 bits per heavy atom. The third-order valence-corrected chi connectivity index (χ3v) is 9.08. The summed E-state index contributed by atoms with van der Waals surface area (Å²) >= 11 is 0. The number of carbonyl (C=O) groups is 2. The van der Waals surface area contributed by atoms with Crippen LogP contribution in [0.25, 0.3) is 0 Å². The van der Waals surface area contributed by atoms with Crippen LogP contribution < -0.4 is 14.8 Å². The summed E-state index contributed by atoms with van der Waals surface area (Å²) in [6.07, 6.45) is 0.823. The molecule has 0 spiro atoms. The van der Waals surface area contributed by atoms with Gasteiger partial charge in [-0.15, -0.1) is 0 Å². The molecule has 8 nitrogen and oxygen atoms in total. The van der Waals surface area contributed by atoms with Crippen LogP contribution in [0.1, 0.15) is 16.7 Å². The highest BCUT2D eigenvalue weighted by Gasteiger charge is 2.30. The molecule has 1 unspecified atom stereocenters. The van der Waals surface area contributed by atoms with E-state index in [0.29, 0.717) is 18.5 Å². The molecule has 1 atom stereocenters. The number of carbonyl (C=O) groups excluding carboxylic acids is 2. The number of ether oxygens (including phenoxy) is 1. The normalized spacial score (nSPS) is 11.7. The van der Waals surface area contributed by atoms with E-state index in [1.165, 1.54) is 53.4 Å². The number of benzene rings is 5. The maximum absolute atomic E-state index is 13.9. The molecule has 0 fully saturated rings. The lowest BCUT2D eigenvalue weighted by molar-refractivity contribution is -0.142. The molecule has 0 heterocycles. The van der Waals surface area contributed by atoms with Gasteiger partial charge in [-0.3, -0.25) is 14.3 Å². The van der Waals surface area contributed by atoms with E-state index in [1.807, 2.05) is 60.7 Å². The van der Waals surface area contributed by atoms with Gasteiger partial charge < -0.3 is 15.0 Å². The molecule has 0 radical (unpaired) electrons. The van der Waals surface area contributed by atoms with Gasteiger partial charge >= 0.3 is 0 Å². The van der Waals surface area contributed by atoms with Crippen molar-refractivity contribution in [3.8, 4) is 5.75 Å². The lowest BCUT2D eigenvalue weighted by Gasteiger charge is -2.31. The fourth-order valence-electron chi connectivity index (χ4n) is 5.11. The second-order valence-electron chi connectivity index (χ2n) is 11.3. The molecule has 0 bridgehead atoms. The van der Waals surface area contributed by atoms with E-state index in [4.69, 9.17) is 4.74 Å². The van der Waals surface area contributed by atoms with E-state index in [0.717, 1.165) is 23.3 Å². The van der Waals surface area contributed by atoms with Crippen LogP contribution in [0, 0.1) is 11.6 Å². The minimum atomic E-state index is -3.98. The number of nitrogens with zero attached hydrogens (tertiary/aromatic N) is 1. The molecule has 0 saturated heterocycles. The molecule has 0 aliphatic carbocycles. The predicted molar refractivity (Wildman–Crippen MR) is 183 cm³/mol. The minimum absolute atomic E-state index is 0.0122. The summed E-state index contributed by atoms with van der Waals surface area (Å²) < 4.78 is 60.8. The van der Waals surface area contributed by atoms with E-state index in [1.54, 1.807) is 12.1 Å². The number of sulfonamides is 1. The number of anilines is 1. The number of amides is 2. The van der Waals surface area contributed by atoms with Crippen molar-refractivity contribution in [3.63, 3.8) is 0 Å². The fraction of sp³-hybridized carbons (Fsp3) is 0.158. The third kappa shape index (κ3) is 10.2. The van der Waals surface area contributed by atoms with Crippen LogP contribution >= 0.6 is 0 Å². The van der Waals surface area contributed by atoms with E-state index in [-0.39, 0.29) is 35.2 Å². The number of halogens is 2. The lowest BCUT2D eigenvalue weighted by Crippen LogP contribution is -2.52. The summed E-state index contributed by atoms with van der Waals surface area (Å²) in [6, 6.07) is 34.2. The van der Waals surface area contributed by atoms with Crippen molar-refractivity contribution < 1.29 is 31.5 Å². The molecule has 252 valence electrons. The van der Waals surface area contributed by atoms with Crippen LogP contribution in [0.4, 0.5) is 14.5 Å². The number of hydrogen-bond donors (Lipinski definition) is 2. The Morgan fingerprint density at radius 1 is 0.694 bits per heavy atom. The highest BCUT2D eigenvalue weighted by atomic mass is 32.2. The van der Waals surface area contributed by atoms with Crippen molar-refractivity contribution in [2.24, 2.45) is 0 Å². The van der Waals surface area contributed by atoms with Gasteiger partial charge in [-0.25, -0.2) is 17.2 Å². The highest BCUT2D eigenvalue weighted by Crippen LogP contribution is 2.21. The molecule has 0 aliphatic rings. The van der Waals surface area contributed by atoms with E-state index >= 15 is 0 Å². The van der Waals surface area contributed by atoms with E-state index in [2.05, 4.69) is 10.0 Å². The number of nitrogens with one attached hydrogen (secondary N) is 2. The summed E-state index contributed by atoms with van der Waals surface area (Å²) in [5, 5.41) is 2.98. The van der Waals surface area contributed by atoms with Gasteiger partial charge in [-0.2, -0.15) is 0 Å². The maximum atomic E-state index is 13.9. The van der Waals surface area contributed by atoms with E-state index in [9.17, 15) is 26.8 Å². The second kappa shape index (κ2) is 16.5. The molecule has 2 amide bonds. The Balaban J connectivity index is 1.33. The number of hydrogen-bond acceptors (Lipinski definition) is 5. The zero-order valence-corrected chi connectivity index (χ0v) is 27.3. The molecule has 2 N–H and O–H groups in total. The predicted octanol–water partition coefficient (Wildman–Crippen LogP) is 6.14. The number of rotatable bonds is 15. The summed E-state index contributed by atoms with van der Waals surface area (Å²) in [5.74, 6) is -1.55. The van der Waals surface area contributed by atoms with Gasteiger partial charge in [0.05, 0.1) is 4.90 Å². The average molecular weight is 684 g/mol. The lowest BCUT2D eigenvalue weighted by atomic mass is 10.0. The van der Waals surface area contributed by atoms with Gasteiger partial charge in [0, 0.05) is 25.2 Å². The Labute approximate surface area is 284 Å². The van der Waals surface area contributed by atoms with Crippen LogP contribution in [0.2, 0.25) is 0 Å². The second-order valence-corrected chi connectivity index (χ2v) is 12.9. The first-order valence-electron chi connectivity index (χ1n) is 15.6. The first kappa shape index (κ1) is 34.8. The van der Waals surface area contributed by atoms with Gasteiger partial charge in [-0.1, -0.05) is 72.8 Å². The zero-order chi connectivity index (χ0) is 34.6. The third-order valence-electron chi connectivity index (χ3n) is 7.69. The molecule has 0 aromatic heterocycles. The Kier molecular flexibility index (Phi) is 11.7. The van der Waals surface area contributed by atoms with Crippen LogP contribution in [0.3, 0.4) is 0 Å². The maximum Gasteiger partial charge on any atom is 0.261 e. The highest BCUT2D eigenvalue weighted by molar-refractivity contribution is 7.92. The van der Waals surface area contributed by atoms with Gasteiger partial charge in [-0.05, 0) is 83.8 Å². The van der Waals surface area contributed by atoms with Crippen molar-refractivity contribution >= 4 is 27.5 Å². The molecular weight excluding hydrogens is 648 g/mol. The van der Waals surface area contributed by atoms with E-state index < -0.39 is 40.2 Å². The Hall–Kier alpha value is -5.55. The summed E-state index contributed by atoms with van der Waals surface area (Å²) in [4.78, 5) is 29.0. The van der Waals surface area contributed by atoms with Crippen LogP contribution in [0.15, 0.2) is 138 Å². The van der Waals surface area contributed by atoms with Gasteiger partial charge in [0.25, 0.3) is 15.9 Å². The van der Waals surface area contributed by atoms with Gasteiger partial charge in [0.2, 0.25) is 5.91 Å². The van der Waals surface area contributed by atoms with Crippen LogP contribution in [-0.4, -0.2) is 44.3 Å². The van der Waals surface area contributed by atoms with Gasteiger partial charge in [0.1, 0.15) is 23.4 Å². The first-order valence-corrected chi connectivity index (χ1v) is 17.1. The quantitative estimate of drug-likeness (QED) is 0.138. The van der Waals surface area contributed by atoms with Crippen molar-refractivity contribution in [1.29, 1.82) is 0 Å². The van der Waals surface area contributed by atoms with Crippen molar-refractivity contribution in [1.82, 2.24) is 10.2 Å². The Morgan fingerprint density at radius 2 is 1.27 bits per heavy atom. The fourth-order valence-corrected chi connectivity index (χ4v) is 6.17. The average Bonchev–Trinajstić information content (AvgIpc) is 3.11. The standard InChI is InChI=1S/C38H35F2N3O5S/c39-31-13-11-30(12-14-31)26-43(36(25-29-9-5-2-6-10-29)38(45)41-24-23-28-7-3-1-4-8-28)37(44)27-48-34-19-21-35(22-20-34)49(46,47)42-33-17-15-32(40)16-18-33/h1-22,36,42H,23-27H2,(H,41,45). The molecule has 0 aliphatic heterocycles. The molecule has 11 heteroatoms. The zero-order valence-electron chi connectivity index (χ0n) is 26.5. The molecule has 0 saturated carbocycles.